The average molecular weight is 396 g/mol. The number of allylic oxidation sites excluding steroid dienone is 2. The van der Waals surface area contributed by atoms with Crippen molar-refractivity contribution in [2.45, 2.75) is 17.3 Å². The van der Waals surface area contributed by atoms with E-state index in [1.165, 1.54) is 31.2 Å². The van der Waals surface area contributed by atoms with Gasteiger partial charge in [-0.2, -0.15) is 0 Å². The van der Waals surface area contributed by atoms with Crippen molar-refractivity contribution in [2.24, 2.45) is 0 Å². The van der Waals surface area contributed by atoms with E-state index >= 15 is 4.39 Å². The standard InChI is InChI=1S/C20H16F4O2S/c1-13-16(21)10-15(11-17(13)22)19(27(2,25)26)8-9-20(24,18(23)12-19)14-6-4-3-5-7-14/h3-12H,1-2H3. The first-order valence-electron chi connectivity index (χ1n) is 8.01. The fraction of sp³-hybridized carbons (Fsp3) is 0.200. The molecule has 0 heterocycles. The van der Waals surface area contributed by atoms with Gasteiger partial charge in [0, 0.05) is 11.8 Å². The summed E-state index contributed by atoms with van der Waals surface area (Å²) in [5.41, 5.74) is -3.33. The highest BCUT2D eigenvalue weighted by Crippen LogP contribution is 2.47. The van der Waals surface area contributed by atoms with Crippen LogP contribution in [0.25, 0.3) is 0 Å². The Kier molecular flexibility index (Phi) is 4.54. The quantitative estimate of drug-likeness (QED) is 0.552. The van der Waals surface area contributed by atoms with Gasteiger partial charge in [-0.1, -0.05) is 36.4 Å². The lowest BCUT2D eigenvalue weighted by atomic mass is 9.83. The van der Waals surface area contributed by atoms with Crippen LogP contribution >= 0.6 is 0 Å². The molecule has 0 aliphatic heterocycles. The van der Waals surface area contributed by atoms with Gasteiger partial charge in [0.15, 0.2) is 9.84 Å². The van der Waals surface area contributed by atoms with E-state index in [4.69, 9.17) is 0 Å². The van der Waals surface area contributed by atoms with E-state index in [2.05, 4.69) is 0 Å². The molecule has 0 N–H and O–H groups in total. The fourth-order valence-corrected chi connectivity index (χ4v) is 4.25. The Bertz CT molecular complexity index is 1040. The molecular weight excluding hydrogens is 380 g/mol. The van der Waals surface area contributed by atoms with Gasteiger partial charge in [-0.15, -0.1) is 0 Å². The molecule has 2 aromatic rings. The Morgan fingerprint density at radius 1 is 0.889 bits per heavy atom. The molecule has 2 aromatic carbocycles. The van der Waals surface area contributed by atoms with Gasteiger partial charge in [0.1, 0.15) is 22.2 Å². The van der Waals surface area contributed by atoms with Crippen LogP contribution in [-0.4, -0.2) is 14.7 Å². The minimum Gasteiger partial charge on any atom is -0.228 e. The molecule has 0 saturated heterocycles. The summed E-state index contributed by atoms with van der Waals surface area (Å²) in [4.78, 5) is 0. The predicted octanol–water partition coefficient (Wildman–Crippen LogP) is 4.80. The first-order chi connectivity index (χ1) is 12.5. The van der Waals surface area contributed by atoms with Crippen molar-refractivity contribution >= 4 is 9.84 Å². The topological polar surface area (TPSA) is 34.1 Å². The summed E-state index contributed by atoms with van der Waals surface area (Å²) in [6.45, 7) is 1.19. The molecule has 2 nitrogen and oxygen atoms in total. The van der Waals surface area contributed by atoms with Crippen LogP contribution in [0.5, 0.6) is 0 Å². The number of alkyl halides is 1. The van der Waals surface area contributed by atoms with Gasteiger partial charge in [0.25, 0.3) is 0 Å². The van der Waals surface area contributed by atoms with E-state index in [0.717, 1.165) is 30.5 Å². The summed E-state index contributed by atoms with van der Waals surface area (Å²) >= 11 is 0. The minimum atomic E-state index is -4.16. The maximum absolute atomic E-state index is 15.3. The number of hydrogen-bond donors (Lipinski definition) is 0. The smallest absolute Gasteiger partial charge is 0.205 e. The van der Waals surface area contributed by atoms with E-state index in [-0.39, 0.29) is 16.7 Å². The Morgan fingerprint density at radius 2 is 1.44 bits per heavy atom. The first kappa shape index (κ1) is 19.4. The van der Waals surface area contributed by atoms with Gasteiger partial charge < -0.3 is 0 Å². The molecular formula is C20H16F4O2S. The number of benzene rings is 2. The zero-order chi connectivity index (χ0) is 20.0. The van der Waals surface area contributed by atoms with Crippen LogP contribution < -0.4 is 0 Å². The zero-order valence-corrected chi connectivity index (χ0v) is 15.3. The molecule has 0 radical (unpaired) electrons. The Hall–Kier alpha value is -2.41. The van der Waals surface area contributed by atoms with E-state index in [9.17, 15) is 21.6 Å². The van der Waals surface area contributed by atoms with Crippen LogP contribution in [0.3, 0.4) is 0 Å². The molecule has 2 atom stereocenters. The Morgan fingerprint density at radius 3 is 1.93 bits per heavy atom. The van der Waals surface area contributed by atoms with Crippen LogP contribution in [0.15, 0.2) is 66.5 Å². The van der Waals surface area contributed by atoms with Crippen LogP contribution in [-0.2, 0) is 20.3 Å². The van der Waals surface area contributed by atoms with Crippen molar-refractivity contribution < 1.29 is 26.0 Å². The van der Waals surface area contributed by atoms with Crippen LogP contribution in [0.1, 0.15) is 16.7 Å². The van der Waals surface area contributed by atoms with Gasteiger partial charge in [0.2, 0.25) is 5.67 Å². The van der Waals surface area contributed by atoms with Gasteiger partial charge in [-0.3, -0.25) is 0 Å². The average Bonchev–Trinajstić information content (AvgIpc) is 2.61. The van der Waals surface area contributed by atoms with E-state index < -0.39 is 37.7 Å². The lowest BCUT2D eigenvalue weighted by Gasteiger charge is -2.33. The van der Waals surface area contributed by atoms with Crippen molar-refractivity contribution in [3.8, 4) is 0 Å². The molecule has 0 saturated carbocycles. The fourth-order valence-electron chi connectivity index (χ4n) is 3.07. The second-order valence-electron chi connectivity index (χ2n) is 6.53. The number of halogens is 4. The minimum absolute atomic E-state index is 0.0293. The van der Waals surface area contributed by atoms with Gasteiger partial charge in [-0.05, 0) is 42.3 Å². The SMILES string of the molecule is Cc1c(F)cc(C2(S(C)(=O)=O)C=CC(F)(c3ccccc3)C(F)=C2)cc1F. The highest BCUT2D eigenvalue weighted by molar-refractivity contribution is 7.92. The monoisotopic (exact) mass is 396 g/mol. The summed E-state index contributed by atoms with van der Waals surface area (Å²) in [6, 6.07) is 9.01. The summed E-state index contributed by atoms with van der Waals surface area (Å²) in [7, 11) is -4.16. The summed E-state index contributed by atoms with van der Waals surface area (Å²) in [6.07, 6.45) is 3.07. The molecule has 3 rings (SSSR count). The molecule has 2 unspecified atom stereocenters. The van der Waals surface area contributed by atoms with Gasteiger partial charge in [0.05, 0.1) is 0 Å². The van der Waals surface area contributed by atoms with Crippen molar-refractivity contribution in [2.75, 3.05) is 6.26 Å². The summed E-state index contributed by atoms with van der Waals surface area (Å²) < 4.78 is 81.0. The molecule has 1 aliphatic carbocycles. The maximum atomic E-state index is 15.3. The third-order valence-electron chi connectivity index (χ3n) is 4.79. The van der Waals surface area contributed by atoms with Crippen molar-refractivity contribution in [3.63, 3.8) is 0 Å². The normalized spacial score (nSPS) is 25.3. The molecule has 27 heavy (non-hydrogen) atoms. The third-order valence-corrected chi connectivity index (χ3v) is 6.51. The second-order valence-corrected chi connectivity index (χ2v) is 8.75. The molecule has 0 amide bonds. The molecule has 0 spiro atoms. The van der Waals surface area contributed by atoms with Crippen molar-refractivity contribution in [3.05, 3.63) is 94.8 Å². The molecule has 0 fully saturated rings. The maximum Gasteiger partial charge on any atom is 0.205 e. The highest BCUT2D eigenvalue weighted by Gasteiger charge is 2.48. The van der Waals surface area contributed by atoms with Gasteiger partial charge in [-0.25, -0.2) is 26.0 Å². The molecule has 1 aliphatic rings. The molecule has 142 valence electrons. The number of rotatable bonds is 3. The molecule has 0 bridgehead atoms. The first-order valence-corrected chi connectivity index (χ1v) is 9.90. The molecule has 7 heteroatoms. The molecule has 0 aromatic heterocycles. The van der Waals surface area contributed by atoms with Gasteiger partial charge >= 0.3 is 0 Å². The second kappa shape index (κ2) is 6.34. The number of hydrogen-bond acceptors (Lipinski definition) is 2. The Balaban J connectivity index is 2.25. The zero-order valence-electron chi connectivity index (χ0n) is 14.5. The van der Waals surface area contributed by atoms with Crippen LogP contribution in [0.2, 0.25) is 0 Å². The summed E-state index contributed by atoms with van der Waals surface area (Å²) in [5.74, 6) is -3.33. The van der Waals surface area contributed by atoms with E-state index in [0.29, 0.717) is 6.08 Å². The number of sulfone groups is 1. The van der Waals surface area contributed by atoms with Crippen LogP contribution in [0.4, 0.5) is 17.6 Å². The largest absolute Gasteiger partial charge is 0.228 e. The highest BCUT2D eigenvalue weighted by atomic mass is 32.2. The lowest BCUT2D eigenvalue weighted by molar-refractivity contribution is 0.232. The van der Waals surface area contributed by atoms with Crippen molar-refractivity contribution in [1.82, 2.24) is 0 Å². The van der Waals surface area contributed by atoms with E-state index in [1.807, 2.05) is 0 Å². The lowest BCUT2D eigenvalue weighted by Crippen LogP contribution is -2.37. The van der Waals surface area contributed by atoms with Crippen molar-refractivity contribution in [1.29, 1.82) is 0 Å². The van der Waals surface area contributed by atoms with E-state index in [1.54, 1.807) is 6.07 Å². The Labute approximate surface area is 154 Å². The van der Waals surface area contributed by atoms with Crippen LogP contribution in [0, 0.1) is 18.6 Å². The predicted molar refractivity (Wildman–Crippen MR) is 95.2 cm³/mol. The third kappa shape index (κ3) is 3.00. The summed E-state index contributed by atoms with van der Waals surface area (Å²) in [5, 5.41) is 0.